The minimum Gasteiger partial charge on any atom is -0.398 e. The molecule has 0 saturated heterocycles. The van der Waals surface area contributed by atoms with Gasteiger partial charge in [-0.1, -0.05) is 24.3 Å². The monoisotopic (exact) mass is 263 g/mol. The fourth-order valence-electron chi connectivity index (χ4n) is 2.12. The maximum Gasteiger partial charge on any atom is 0.257 e. The van der Waals surface area contributed by atoms with Crippen molar-refractivity contribution in [3.8, 4) is 0 Å². The number of nitrogens with zero attached hydrogens (tertiary/aromatic N) is 1. The molecule has 2 aromatic carbocycles. The van der Waals surface area contributed by atoms with Crippen molar-refractivity contribution in [1.29, 1.82) is 0 Å². The number of carbonyl (C=O) groups excluding carboxylic acids is 1. The number of nitrogens with two attached hydrogens (primary N) is 1. The molecule has 0 fully saturated rings. The van der Waals surface area contributed by atoms with Gasteiger partial charge in [-0.3, -0.25) is 9.78 Å². The van der Waals surface area contributed by atoms with Crippen molar-refractivity contribution < 1.29 is 4.79 Å². The standard InChI is InChI=1S/C16H13N3O/c17-14-6-2-1-5-13(14)16(20)19-15-7-3-4-11-10-18-9-8-12(11)15/h1-10H,17H2,(H,19,20). The molecule has 98 valence electrons. The summed E-state index contributed by atoms with van der Waals surface area (Å²) < 4.78 is 0. The minimum absolute atomic E-state index is 0.215. The second-order valence-electron chi connectivity index (χ2n) is 4.44. The van der Waals surface area contributed by atoms with Crippen LogP contribution in [0.15, 0.2) is 60.9 Å². The lowest BCUT2D eigenvalue weighted by molar-refractivity contribution is 0.102. The normalized spacial score (nSPS) is 10.4. The van der Waals surface area contributed by atoms with Gasteiger partial charge in [0.05, 0.1) is 5.56 Å². The summed E-state index contributed by atoms with van der Waals surface area (Å²) in [7, 11) is 0. The van der Waals surface area contributed by atoms with Crippen LogP contribution in [0.2, 0.25) is 0 Å². The third-order valence-electron chi connectivity index (χ3n) is 3.13. The molecule has 0 spiro atoms. The van der Waals surface area contributed by atoms with Crippen LogP contribution in [0.5, 0.6) is 0 Å². The quantitative estimate of drug-likeness (QED) is 0.698. The molecule has 0 aliphatic heterocycles. The van der Waals surface area contributed by atoms with Crippen molar-refractivity contribution in [3.63, 3.8) is 0 Å². The predicted octanol–water partition coefficient (Wildman–Crippen LogP) is 3.07. The second-order valence-corrected chi connectivity index (χ2v) is 4.44. The first-order valence-corrected chi connectivity index (χ1v) is 6.24. The summed E-state index contributed by atoms with van der Waals surface area (Å²) in [4.78, 5) is 16.3. The Morgan fingerprint density at radius 3 is 2.75 bits per heavy atom. The summed E-state index contributed by atoms with van der Waals surface area (Å²) in [6.07, 6.45) is 3.47. The smallest absolute Gasteiger partial charge is 0.257 e. The molecule has 1 aromatic heterocycles. The Bertz CT molecular complexity index is 778. The van der Waals surface area contributed by atoms with Gasteiger partial charge < -0.3 is 11.1 Å². The molecule has 0 aliphatic rings. The Balaban J connectivity index is 1.98. The third kappa shape index (κ3) is 2.19. The maximum absolute atomic E-state index is 12.3. The zero-order chi connectivity index (χ0) is 13.9. The lowest BCUT2D eigenvalue weighted by Crippen LogP contribution is -2.14. The van der Waals surface area contributed by atoms with E-state index in [4.69, 9.17) is 5.73 Å². The van der Waals surface area contributed by atoms with Gasteiger partial charge in [-0.2, -0.15) is 0 Å². The van der Waals surface area contributed by atoms with Gasteiger partial charge in [0.25, 0.3) is 5.91 Å². The zero-order valence-electron chi connectivity index (χ0n) is 10.7. The van der Waals surface area contributed by atoms with Crippen LogP contribution in [0, 0.1) is 0 Å². The largest absolute Gasteiger partial charge is 0.398 e. The number of para-hydroxylation sites is 1. The molecule has 4 heteroatoms. The molecule has 0 bridgehead atoms. The van der Waals surface area contributed by atoms with Gasteiger partial charge in [0.1, 0.15) is 0 Å². The summed E-state index contributed by atoms with van der Waals surface area (Å²) in [5.41, 5.74) is 7.50. The first-order valence-electron chi connectivity index (χ1n) is 6.24. The second kappa shape index (κ2) is 5.01. The van der Waals surface area contributed by atoms with Gasteiger partial charge in [-0.25, -0.2) is 0 Å². The molecular formula is C16H13N3O. The summed E-state index contributed by atoms with van der Waals surface area (Å²) in [6, 6.07) is 14.6. The number of carbonyl (C=O) groups is 1. The van der Waals surface area contributed by atoms with E-state index in [-0.39, 0.29) is 5.91 Å². The Hall–Kier alpha value is -2.88. The molecule has 0 saturated carbocycles. The van der Waals surface area contributed by atoms with E-state index in [9.17, 15) is 4.79 Å². The number of amides is 1. The van der Waals surface area contributed by atoms with Crippen LogP contribution in [0.25, 0.3) is 10.8 Å². The average Bonchev–Trinajstić information content (AvgIpc) is 2.48. The minimum atomic E-state index is -0.215. The molecule has 0 atom stereocenters. The maximum atomic E-state index is 12.3. The van der Waals surface area contributed by atoms with E-state index in [1.54, 1.807) is 36.7 Å². The molecule has 4 nitrogen and oxygen atoms in total. The first kappa shape index (κ1) is 12.2. The van der Waals surface area contributed by atoms with Crippen molar-refractivity contribution in [2.45, 2.75) is 0 Å². The Kier molecular flexibility index (Phi) is 3.05. The van der Waals surface area contributed by atoms with Gasteiger partial charge in [0.2, 0.25) is 0 Å². The van der Waals surface area contributed by atoms with Crippen molar-refractivity contribution in [1.82, 2.24) is 4.98 Å². The van der Waals surface area contributed by atoms with Crippen molar-refractivity contribution >= 4 is 28.1 Å². The predicted molar refractivity (Wildman–Crippen MR) is 80.6 cm³/mol. The highest BCUT2D eigenvalue weighted by Crippen LogP contribution is 2.23. The fraction of sp³-hybridized carbons (Fsp3) is 0. The van der Waals surface area contributed by atoms with Crippen LogP contribution >= 0.6 is 0 Å². The number of benzene rings is 2. The van der Waals surface area contributed by atoms with E-state index in [1.807, 2.05) is 24.3 Å². The molecule has 3 aromatic rings. The average molecular weight is 263 g/mol. The van der Waals surface area contributed by atoms with Crippen LogP contribution in [-0.2, 0) is 0 Å². The number of anilines is 2. The third-order valence-corrected chi connectivity index (χ3v) is 3.13. The van der Waals surface area contributed by atoms with E-state index in [2.05, 4.69) is 10.3 Å². The van der Waals surface area contributed by atoms with Crippen molar-refractivity contribution in [2.24, 2.45) is 0 Å². The highest BCUT2D eigenvalue weighted by atomic mass is 16.1. The van der Waals surface area contributed by atoms with Crippen LogP contribution in [0.4, 0.5) is 11.4 Å². The summed E-state index contributed by atoms with van der Waals surface area (Å²) >= 11 is 0. The van der Waals surface area contributed by atoms with Crippen LogP contribution in [0.3, 0.4) is 0 Å². The molecule has 0 aliphatic carbocycles. The molecule has 0 radical (unpaired) electrons. The van der Waals surface area contributed by atoms with Gasteiger partial charge >= 0.3 is 0 Å². The van der Waals surface area contributed by atoms with E-state index in [0.29, 0.717) is 11.3 Å². The van der Waals surface area contributed by atoms with Crippen molar-refractivity contribution in [3.05, 3.63) is 66.5 Å². The fourth-order valence-corrected chi connectivity index (χ4v) is 2.12. The summed E-state index contributed by atoms with van der Waals surface area (Å²) in [6.45, 7) is 0. The van der Waals surface area contributed by atoms with Crippen molar-refractivity contribution in [2.75, 3.05) is 11.1 Å². The number of nitrogen functional groups attached to an aromatic ring is 1. The topological polar surface area (TPSA) is 68.0 Å². The Labute approximate surface area is 116 Å². The Morgan fingerprint density at radius 2 is 1.90 bits per heavy atom. The molecule has 0 unspecified atom stereocenters. The van der Waals surface area contributed by atoms with E-state index in [0.717, 1.165) is 16.5 Å². The van der Waals surface area contributed by atoms with Gasteiger partial charge in [0, 0.05) is 34.5 Å². The highest BCUT2D eigenvalue weighted by Gasteiger charge is 2.10. The summed E-state index contributed by atoms with van der Waals surface area (Å²) in [5.74, 6) is -0.215. The lowest BCUT2D eigenvalue weighted by atomic mass is 10.1. The molecule has 1 amide bonds. The first-order chi connectivity index (χ1) is 9.75. The van der Waals surface area contributed by atoms with Crippen LogP contribution in [0.1, 0.15) is 10.4 Å². The zero-order valence-corrected chi connectivity index (χ0v) is 10.7. The molecule has 20 heavy (non-hydrogen) atoms. The number of rotatable bonds is 2. The SMILES string of the molecule is Nc1ccccc1C(=O)Nc1cccc2cnccc12. The number of pyridine rings is 1. The number of fused-ring (bicyclic) bond motifs is 1. The van der Waals surface area contributed by atoms with Gasteiger partial charge in [-0.05, 0) is 24.3 Å². The lowest BCUT2D eigenvalue weighted by Gasteiger charge is -2.09. The summed E-state index contributed by atoms with van der Waals surface area (Å²) in [5, 5.41) is 4.82. The number of nitrogens with one attached hydrogen (secondary N) is 1. The highest BCUT2D eigenvalue weighted by molar-refractivity contribution is 6.11. The van der Waals surface area contributed by atoms with Gasteiger partial charge in [-0.15, -0.1) is 0 Å². The van der Waals surface area contributed by atoms with E-state index < -0.39 is 0 Å². The number of hydrogen-bond donors (Lipinski definition) is 2. The van der Waals surface area contributed by atoms with Crippen LogP contribution < -0.4 is 11.1 Å². The Morgan fingerprint density at radius 1 is 1.05 bits per heavy atom. The van der Waals surface area contributed by atoms with Gasteiger partial charge in [0.15, 0.2) is 0 Å². The molecule has 3 N–H and O–H groups in total. The molecule has 3 rings (SSSR count). The van der Waals surface area contributed by atoms with E-state index >= 15 is 0 Å². The molecule has 1 heterocycles. The van der Waals surface area contributed by atoms with E-state index in [1.165, 1.54) is 0 Å². The number of hydrogen-bond acceptors (Lipinski definition) is 3. The molecular weight excluding hydrogens is 250 g/mol. The van der Waals surface area contributed by atoms with Crippen LogP contribution in [-0.4, -0.2) is 10.9 Å². The number of aromatic nitrogens is 1.